The molecule has 0 saturated heterocycles. The van der Waals surface area contributed by atoms with Crippen molar-refractivity contribution in [3.8, 4) is 5.75 Å². The van der Waals surface area contributed by atoms with Gasteiger partial charge in [0, 0.05) is 24.2 Å². The normalized spacial score (nSPS) is 19.7. The summed E-state index contributed by atoms with van der Waals surface area (Å²) in [5.41, 5.74) is 4.61. The molecule has 1 saturated carbocycles. The van der Waals surface area contributed by atoms with Gasteiger partial charge in [0.25, 0.3) is 0 Å². The first kappa shape index (κ1) is 25.1. The molecule has 2 atom stereocenters. The number of ether oxygens (including phenoxy) is 1. The van der Waals surface area contributed by atoms with Crippen LogP contribution in [0.1, 0.15) is 84.2 Å². The topological polar surface area (TPSA) is 76.4 Å². The Bertz CT molecular complexity index is 1160. The van der Waals surface area contributed by atoms with Gasteiger partial charge >= 0.3 is 5.97 Å². The second-order valence-electron chi connectivity index (χ2n) is 11.3. The largest absolute Gasteiger partial charge is 0.494 e. The molecule has 0 bridgehead atoms. The van der Waals surface area contributed by atoms with Crippen molar-refractivity contribution in [1.82, 2.24) is 9.55 Å². The van der Waals surface area contributed by atoms with E-state index < -0.39 is 5.97 Å². The van der Waals surface area contributed by atoms with Crippen LogP contribution in [0.5, 0.6) is 5.75 Å². The minimum Gasteiger partial charge on any atom is -0.494 e. The lowest BCUT2D eigenvalue weighted by Crippen LogP contribution is -2.29. The zero-order chi connectivity index (χ0) is 25.2. The van der Waals surface area contributed by atoms with Crippen LogP contribution in [-0.4, -0.2) is 27.2 Å². The third-order valence-corrected chi connectivity index (χ3v) is 7.03. The molecule has 1 heterocycles. The summed E-state index contributed by atoms with van der Waals surface area (Å²) in [5, 5.41) is 12.5. The average Bonchev–Trinajstić information content (AvgIpc) is 3.12. The summed E-state index contributed by atoms with van der Waals surface area (Å²) in [4.78, 5) is 15.8. The molecule has 0 amide bonds. The van der Waals surface area contributed by atoms with Gasteiger partial charge < -0.3 is 19.7 Å². The highest BCUT2D eigenvalue weighted by molar-refractivity contribution is 5.81. The number of carboxylic acid groups (broad SMARTS) is 1. The summed E-state index contributed by atoms with van der Waals surface area (Å²) in [5.74, 6) is 1.92. The minimum atomic E-state index is -0.801. The number of carbonyl (C=O) groups is 1. The van der Waals surface area contributed by atoms with Crippen LogP contribution in [-0.2, 0) is 4.79 Å². The Morgan fingerprint density at radius 1 is 1.20 bits per heavy atom. The van der Waals surface area contributed by atoms with E-state index in [1.54, 1.807) is 0 Å². The number of benzene rings is 2. The van der Waals surface area contributed by atoms with E-state index in [0.29, 0.717) is 30.9 Å². The highest BCUT2D eigenvalue weighted by Crippen LogP contribution is 2.46. The van der Waals surface area contributed by atoms with Crippen LogP contribution >= 0.6 is 0 Å². The molecule has 0 aliphatic heterocycles. The van der Waals surface area contributed by atoms with Crippen LogP contribution in [0.4, 0.5) is 11.6 Å². The molecule has 1 fully saturated rings. The van der Waals surface area contributed by atoms with Gasteiger partial charge in [-0.15, -0.1) is 0 Å². The molecule has 2 N–H and O–H groups in total. The summed E-state index contributed by atoms with van der Waals surface area (Å²) in [6.07, 6.45) is 4.07. The van der Waals surface area contributed by atoms with E-state index in [9.17, 15) is 4.79 Å². The predicted octanol–water partition coefficient (Wildman–Crippen LogP) is 7.53. The Morgan fingerprint density at radius 3 is 2.60 bits per heavy atom. The van der Waals surface area contributed by atoms with Crippen molar-refractivity contribution < 1.29 is 14.6 Å². The van der Waals surface area contributed by atoms with Gasteiger partial charge in [0.2, 0.25) is 5.95 Å². The third-order valence-electron chi connectivity index (χ3n) is 7.03. The number of nitrogens with zero attached hydrogens (tertiary/aromatic N) is 2. The Labute approximate surface area is 208 Å². The highest BCUT2D eigenvalue weighted by Gasteiger charge is 2.34. The number of fused-ring (bicyclic) bond motifs is 1. The maximum Gasteiger partial charge on any atom is 0.303 e. The predicted molar refractivity (Wildman–Crippen MR) is 142 cm³/mol. The van der Waals surface area contributed by atoms with E-state index >= 15 is 0 Å². The molecule has 6 nitrogen and oxygen atoms in total. The molecule has 0 spiro atoms. The second kappa shape index (κ2) is 10.3. The maximum absolute atomic E-state index is 10.8. The highest BCUT2D eigenvalue weighted by atomic mass is 16.5. The van der Waals surface area contributed by atoms with Crippen LogP contribution in [0, 0.1) is 11.3 Å². The molecule has 1 aliphatic rings. The van der Waals surface area contributed by atoms with Gasteiger partial charge in [0.15, 0.2) is 0 Å². The lowest BCUT2D eigenvalue weighted by atomic mass is 9.70. The van der Waals surface area contributed by atoms with Crippen molar-refractivity contribution >= 4 is 28.6 Å². The standard InChI is InChI=1S/C29H39N3O3/c1-19(2)21-8-10-22(11-9-21)30-28-31-25-16-24(35-14-6-7-27(33)34)12-13-26(25)32(28)23-15-20(3)17-29(4,5)18-23/h8-13,16,19-20,23H,6-7,14-15,17-18H2,1-5H3,(H,30,31)(H,33,34). The number of hydrogen-bond donors (Lipinski definition) is 2. The monoisotopic (exact) mass is 477 g/mol. The number of nitrogens with one attached hydrogen (secondary N) is 1. The van der Waals surface area contributed by atoms with Crippen LogP contribution < -0.4 is 10.1 Å². The fraction of sp³-hybridized carbons (Fsp3) is 0.517. The molecule has 188 valence electrons. The van der Waals surface area contributed by atoms with Gasteiger partial charge in [-0.2, -0.15) is 0 Å². The van der Waals surface area contributed by atoms with Gasteiger partial charge in [-0.25, -0.2) is 4.98 Å². The summed E-state index contributed by atoms with van der Waals surface area (Å²) < 4.78 is 8.22. The molecule has 1 aliphatic carbocycles. The molecule has 0 radical (unpaired) electrons. The number of rotatable bonds is 9. The Kier molecular flexibility index (Phi) is 7.39. The zero-order valence-electron chi connectivity index (χ0n) is 21.7. The number of hydrogen-bond acceptors (Lipinski definition) is 4. The lowest BCUT2D eigenvalue weighted by Gasteiger charge is -2.40. The van der Waals surface area contributed by atoms with Gasteiger partial charge in [-0.3, -0.25) is 4.79 Å². The number of aliphatic carboxylic acids is 1. The number of anilines is 2. The molecular weight excluding hydrogens is 438 g/mol. The molecule has 3 aromatic rings. The lowest BCUT2D eigenvalue weighted by molar-refractivity contribution is -0.137. The quantitative estimate of drug-likeness (QED) is 0.311. The fourth-order valence-corrected chi connectivity index (χ4v) is 5.61. The van der Waals surface area contributed by atoms with Crippen molar-refractivity contribution in [2.24, 2.45) is 11.3 Å². The third kappa shape index (κ3) is 6.16. The van der Waals surface area contributed by atoms with Crippen LogP contribution in [0.25, 0.3) is 11.0 Å². The van der Waals surface area contributed by atoms with E-state index in [2.05, 4.69) is 74.8 Å². The fourth-order valence-electron chi connectivity index (χ4n) is 5.61. The summed E-state index contributed by atoms with van der Waals surface area (Å²) in [6, 6.07) is 15.0. The van der Waals surface area contributed by atoms with Crippen molar-refractivity contribution in [3.05, 3.63) is 48.0 Å². The number of carboxylic acids is 1. The molecular formula is C29H39N3O3. The van der Waals surface area contributed by atoms with Gasteiger partial charge in [0.05, 0.1) is 17.6 Å². The first-order valence-corrected chi connectivity index (χ1v) is 12.8. The van der Waals surface area contributed by atoms with E-state index in [-0.39, 0.29) is 11.8 Å². The Hall–Kier alpha value is -3.02. The SMILES string of the molecule is CC1CC(n2c(Nc3ccc(C(C)C)cc3)nc3cc(OCCCC(=O)O)ccc32)CC(C)(C)C1. The molecule has 2 aromatic carbocycles. The first-order chi connectivity index (χ1) is 16.6. The summed E-state index contributed by atoms with van der Waals surface area (Å²) in [6.45, 7) is 11.9. The average molecular weight is 478 g/mol. The van der Waals surface area contributed by atoms with E-state index in [0.717, 1.165) is 41.3 Å². The zero-order valence-corrected chi connectivity index (χ0v) is 21.7. The number of imidazole rings is 1. The van der Waals surface area contributed by atoms with Gasteiger partial charge in [-0.1, -0.05) is 46.8 Å². The Morgan fingerprint density at radius 2 is 1.94 bits per heavy atom. The van der Waals surface area contributed by atoms with Crippen LogP contribution in [0.2, 0.25) is 0 Å². The van der Waals surface area contributed by atoms with E-state index in [4.69, 9.17) is 14.8 Å². The van der Waals surface area contributed by atoms with Crippen molar-refractivity contribution in [2.45, 2.75) is 78.7 Å². The number of aromatic nitrogens is 2. The Balaban J connectivity index is 1.66. The molecule has 6 heteroatoms. The van der Waals surface area contributed by atoms with Crippen molar-refractivity contribution in [3.63, 3.8) is 0 Å². The minimum absolute atomic E-state index is 0.107. The van der Waals surface area contributed by atoms with Gasteiger partial charge in [-0.05, 0) is 72.8 Å². The maximum atomic E-state index is 10.8. The molecule has 4 rings (SSSR count). The van der Waals surface area contributed by atoms with Crippen molar-refractivity contribution in [2.75, 3.05) is 11.9 Å². The first-order valence-electron chi connectivity index (χ1n) is 12.8. The van der Waals surface area contributed by atoms with Crippen LogP contribution in [0.3, 0.4) is 0 Å². The van der Waals surface area contributed by atoms with Gasteiger partial charge in [0.1, 0.15) is 5.75 Å². The van der Waals surface area contributed by atoms with Crippen LogP contribution in [0.15, 0.2) is 42.5 Å². The van der Waals surface area contributed by atoms with E-state index in [1.807, 2.05) is 12.1 Å². The van der Waals surface area contributed by atoms with E-state index in [1.165, 1.54) is 12.0 Å². The summed E-state index contributed by atoms with van der Waals surface area (Å²) >= 11 is 0. The second-order valence-corrected chi connectivity index (χ2v) is 11.3. The summed E-state index contributed by atoms with van der Waals surface area (Å²) in [7, 11) is 0. The molecule has 35 heavy (non-hydrogen) atoms. The molecule has 1 aromatic heterocycles. The van der Waals surface area contributed by atoms with Crippen molar-refractivity contribution in [1.29, 1.82) is 0 Å². The smallest absolute Gasteiger partial charge is 0.303 e. The molecule has 2 unspecified atom stereocenters.